The van der Waals surface area contributed by atoms with Crippen molar-refractivity contribution >= 4 is 51.9 Å². The fraction of sp³-hybridized carbons (Fsp3) is 0.211. The first kappa shape index (κ1) is 22.2. The number of nitrogens with zero attached hydrogens (tertiary/aromatic N) is 1. The number of carbonyl (C=O) groups excluding carboxylic acids is 2. The van der Waals surface area contributed by atoms with E-state index in [0.717, 1.165) is 22.9 Å². The molecule has 3 rings (SSSR count). The van der Waals surface area contributed by atoms with Crippen LogP contribution in [0, 0.1) is 0 Å². The molecule has 0 aliphatic carbocycles. The van der Waals surface area contributed by atoms with Crippen LogP contribution in [0.4, 0.5) is 0 Å². The van der Waals surface area contributed by atoms with Gasteiger partial charge in [-0.05, 0) is 48.2 Å². The van der Waals surface area contributed by atoms with Crippen LogP contribution in [-0.4, -0.2) is 51.5 Å². The molecule has 9 heteroatoms. The Morgan fingerprint density at radius 2 is 1.64 bits per heavy atom. The molecule has 0 saturated carbocycles. The second-order valence-electron chi connectivity index (χ2n) is 6.05. The third-order valence-corrected chi connectivity index (χ3v) is 4.93. The maximum absolute atomic E-state index is 11.6. The summed E-state index contributed by atoms with van der Waals surface area (Å²) in [6.07, 6.45) is 0.621. The van der Waals surface area contributed by atoms with Crippen molar-refractivity contribution in [2.75, 3.05) is 0 Å². The predicted octanol–water partition coefficient (Wildman–Crippen LogP) is -0.381. The normalized spacial score (nSPS) is 16.8. The molecule has 0 fully saturated rings. The van der Waals surface area contributed by atoms with E-state index in [0.29, 0.717) is 17.9 Å². The van der Waals surface area contributed by atoms with E-state index in [1.807, 2.05) is 12.1 Å². The number of amides is 1. The largest absolute Gasteiger partial charge is 2.00 e. The molecule has 28 heavy (non-hydrogen) atoms. The van der Waals surface area contributed by atoms with Crippen LogP contribution in [0.15, 0.2) is 53.5 Å². The Hall–Kier alpha value is -2.07. The molecule has 0 spiro atoms. The summed E-state index contributed by atoms with van der Waals surface area (Å²) in [6.45, 7) is 0. The van der Waals surface area contributed by atoms with Gasteiger partial charge in [0.1, 0.15) is 11.5 Å². The minimum absolute atomic E-state index is 0. The van der Waals surface area contributed by atoms with Crippen molar-refractivity contribution in [3.8, 4) is 11.5 Å². The molecule has 7 nitrogen and oxygen atoms in total. The molecule has 1 amide bonds. The van der Waals surface area contributed by atoms with Crippen molar-refractivity contribution in [1.29, 1.82) is 0 Å². The molecular formula is C19H16MgN2O5S. The van der Waals surface area contributed by atoms with Crippen LogP contribution < -0.4 is 20.7 Å². The molecule has 0 bridgehead atoms. The summed E-state index contributed by atoms with van der Waals surface area (Å²) in [5, 5.41) is 20.9. The molecule has 1 unspecified atom stereocenters. The van der Waals surface area contributed by atoms with Gasteiger partial charge in [0.2, 0.25) is 0 Å². The number of carboxylic acid groups (broad SMARTS) is 1. The maximum Gasteiger partial charge on any atom is 2.00 e. The maximum atomic E-state index is 11.6. The van der Waals surface area contributed by atoms with Gasteiger partial charge in [0, 0.05) is 11.3 Å². The molecule has 0 saturated heterocycles. The van der Waals surface area contributed by atoms with Crippen LogP contribution in [-0.2, 0) is 22.4 Å². The number of hydrogen-bond acceptors (Lipinski definition) is 7. The van der Waals surface area contributed by atoms with E-state index in [2.05, 4.69) is 4.99 Å². The third-order valence-electron chi connectivity index (χ3n) is 3.98. The summed E-state index contributed by atoms with van der Waals surface area (Å²) in [7, 11) is 0. The second-order valence-corrected chi connectivity index (χ2v) is 7.20. The fourth-order valence-corrected chi connectivity index (χ4v) is 3.38. The van der Waals surface area contributed by atoms with Crippen LogP contribution in [0.2, 0.25) is 0 Å². The number of rotatable bonds is 7. The average molecular weight is 409 g/mol. The molecule has 140 valence electrons. The van der Waals surface area contributed by atoms with E-state index in [1.54, 1.807) is 36.4 Å². The molecule has 2 atom stereocenters. The van der Waals surface area contributed by atoms with Gasteiger partial charge in [-0.2, -0.15) is 0 Å². The summed E-state index contributed by atoms with van der Waals surface area (Å²) in [5.74, 6) is -0.460. The Morgan fingerprint density at radius 1 is 1.11 bits per heavy atom. The molecule has 1 aliphatic heterocycles. The first-order chi connectivity index (χ1) is 12.9. The molecule has 0 radical (unpaired) electrons. The summed E-state index contributed by atoms with van der Waals surface area (Å²) in [5.41, 5.74) is 7.14. The first-order valence-electron chi connectivity index (χ1n) is 8.19. The van der Waals surface area contributed by atoms with Gasteiger partial charge < -0.3 is 25.5 Å². The Labute approximate surface area is 182 Å². The second kappa shape index (κ2) is 9.92. The topological polar surface area (TPSA) is 128 Å². The molecule has 1 heterocycles. The number of thioether (sulfide) groups is 1. The van der Waals surface area contributed by atoms with Crippen LogP contribution in [0.1, 0.15) is 11.1 Å². The number of aliphatic carboxylic acids is 1. The number of nitrogens with two attached hydrogens (primary N) is 1. The number of aliphatic imine (C=N–C) groups is 1. The summed E-state index contributed by atoms with van der Waals surface area (Å²) in [6, 6.07) is 13.1. The predicted molar refractivity (Wildman–Crippen MR) is 103 cm³/mol. The van der Waals surface area contributed by atoms with Crippen molar-refractivity contribution in [3.05, 3.63) is 59.7 Å². The van der Waals surface area contributed by atoms with Crippen molar-refractivity contribution in [2.45, 2.75) is 24.1 Å². The first-order valence-corrected chi connectivity index (χ1v) is 9.07. The standard InChI is InChI=1S/C19H18N2O5S.Mg/c20-15(18(23)24)9-11-1-5-13(6-2-11)26-14-7-3-12(4-8-14)10-16-17(22)21-19(25)27-16;/h1-8,15-16H,9-10,20H2,(H,23,24)(H,21,22,25);/q;+2/p-2/t15-,16?;/m0./s1. The van der Waals surface area contributed by atoms with Gasteiger partial charge in [-0.3, -0.25) is 4.79 Å². The summed E-state index contributed by atoms with van der Waals surface area (Å²) < 4.78 is 5.74. The number of benzene rings is 2. The van der Waals surface area contributed by atoms with Gasteiger partial charge in [0.15, 0.2) is 0 Å². The number of ether oxygens (including phenoxy) is 1. The van der Waals surface area contributed by atoms with Gasteiger partial charge in [-0.25, -0.2) is 4.99 Å². The van der Waals surface area contributed by atoms with Crippen molar-refractivity contribution in [1.82, 2.24) is 0 Å². The Morgan fingerprint density at radius 3 is 2.11 bits per heavy atom. The van der Waals surface area contributed by atoms with Gasteiger partial charge in [-0.1, -0.05) is 24.3 Å². The Bertz CT molecular complexity index is 871. The minimum Gasteiger partial charge on any atom is -0.854 e. The van der Waals surface area contributed by atoms with E-state index in [1.165, 1.54) is 0 Å². The van der Waals surface area contributed by atoms with Gasteiger partial charge in [0.05, 0.1) is 11.2 Å². The van der Waals surface area contributed by atoms with Crippen LogP contribution in [0.3, 0.4) is 0 Å². The molecule has 0 aromatic heterocycles. The monoisotopic (exact) mass is 408 g/mol. The summed E-state index contributed by atoms with van der Waals surface area (Å²) in [4.78, 5) is 25.6. The van der Waals surface area contributed by atoms with E-state index in [4.69, 9.17) is 10.5 Å². The number of carbonyl (C=O) groups is 2. The fourth-order valence-electron chi connectivity index (χ4n) is 2.56. The van der Waals surface area contributed by atoms with E-state index < -0.39 is 22.5 Å². The zero-order valence-corrected chi connectivity index (χ0v) is 17.1. The van der Waals surface area contributed by atoms with Crippen molar-refractivity contribution in [2.24, 2.45) is 10.7 Å². The van der Waals surface area contributed by atoms with Gasteiger partial charge >= 0.3 is 23.1 Å². The number of hydrogen-bond donors (Lipinski definition) is 1. The van der Waals surface area contributed by atoms with E-state index >= 15 is 0 Å². The van der Waals surface area contributed by atoms with E-state index in [-0.39, 0.29) is 35.4 Å². The zero-order chi connectivity index (χ0) is 19.4. The molecule has 2 aromatic rings. The van der Waals surface area contributed by atoms with Crippen LogP contribution in [0.5, 0.6) is 11.5 Å². The Kier molecular flexibility index (Phi) is 7.87. The third kappa shape index (κ3) is 5.96. The van der Waals surface area contributed by atoms with Crippen LogP contribution >= 0.6 is 11.8 Å². The van der Waals surface area contributed by atoms with Crippen LogP contribution in [0.25, 0.3) is 0 Å². The number of carboxylic acids is 1. The molecule has 2 aromatic carbocycles. The molecule has 1 aliphatic rings. The summed E-state index contributed by atoms with van der Waals surface area (Å²) >= 11 is 0.947. The average Bonchev–Trinajstić information content (AvgIpc) is 2.95. The Balaban J connectivity index is 0.00000280. The van der Waals surface area contributed by atoms with Gasteiger partial charge in [0.25, 0.3) is 5.91 Å². The van der Waals surface area contributed by atoms with E-state index in [9.17, 15) is 19.8 Å². The quantitative estimate of drug-likeness (QED) is 0.618. The minimum atomic E-state index is -1.29. The van der Waals surface area contributed by atoms with Crippen molar-refractivity contribution < 1.29 is 24.5 Å². The SMILES string of the molecule is N[C@@H](Cc1ccc(Oc2ccc(CC3SC([O-])=NC3=O)cc2)cc1)C(=O)[O-].[Mg+2]. The molecular weight excluding hydrogens is 393 g/mol. The molecule has 2 N–H and O–H groups in total. The van der Waals surface area contributed by atoms with Crippen molar-refractivity contribution in [3.63, 3.8) is 0 Å². The zero-order valence-electron chi connectivity index (χ0n) is 14.9. The smallest absolute Gasteiger partial charge is 0.854 e. The van der Waals surface area contributed by atoms with Gasteiger partial charge in [-0.15, -0.1) is 11.8 Å².